The molecule has 1 unspecified atom stereocenters. The molecule has 0 radical (unpaired) electrons. The van der Waals surface area contributed by atoms with Crippen LogP contribution in [0.2, 0.25) is 0 Å². The van der Waals surface area contributed by atoms with Gasteiger partial charge in [-0.3, -0.25) is 13.1 Å². The van der Waals surface area contributed by atoms with E-state index in [-0.39, 0.29) is 12.3 Å². The average molecular weight is 401 g/mol. The fourth-order valence-corrected chi connectivity index (χ4v) is 2.55. The van der Waals surface area contributed by atoms with E-state index >= 15 is 0 Å². The van der Waals surface area contributed by atoms with Crippen LogP contribution in [0.1, 0.15) is 6.42 Å². The zero-order chi connectivity index (χ0) is 8.85. The van der Waals surface area contributed by atoms with Crippen molar-refractivity contribution in [1.29, 1.82) is 0 Å². The van der Waals surface area contributed by atoms with Crippen molar-refractivity contribution in [3.63, 3.8) is 0 Å². The maximum Gasteiger partial charge on any atom is 0.305 e. The van der Waals surface area contributed by atoms with E-state index in [1.807, 2.05) is 21.2 Å². The first-order valence-corrected chi connectivity index (χ1v) is 7.01. The third-order valence-electron chi connectivity index (χ3n) is 0.853. The zero-order valence-electron chi connectivity index (χ0n) is 5.21. The molecule has 0 fully saturated rings. The summed E-state index contributed by atoms with van der Waals surface area (Å²) in [5.74, 6) is -1.22. The third kappa shape index (κ3) is 5.06. The van der Waals surface area contributed by atoms with Crippen LogP contribution in [-0.4, -0.2) is 22.2 Å². The summed E-state index contributed by atoms with van der Waals surface area (Å²) in [6.45, 7) is 0. The molecule has 0 bridgehead atoms. The van der Waals surface area contributed by atoms with Crippen molar-refractivity contribution in [3.8, 4) is 0 Å². The van der Waals surface area contributed by atoms with Crippen molar-refractivity contribution in [2.75, 3.05) is 0 Å². The van der Waals surface area contributed by atoms with Gasteiger partial charge in [-0.1, -0.05) is 8.93 Å². The van der Waals surface area contributed by atoms with Crippen LogP contribution in [0.5, 0.6) is 0 Å². The molecule has 0 aliphatic rings. The van der Waals surface area contributed by atoms with E-state index in [0.717, 1.165) is 0 Å². The third-order valence-corrected chi connectivity index (χ3v) is 3.82. The number of aliphatic carboxylic acids is 1. The van der Waals surface area contributed by atoms with Gasteiger partial charge in [0.25, 0.3) is 0 Å². The predicted molar refractivity (Wildman–Crippen MR) is 59.8 cm³/mol. The first kappa shape index (κ1) is 11.8. The van der Waals surface area contributed by atoms with Crippen molar-refractivity contribution in [2.45, 2.75) is 11.7 Å². The van der Waals surface area contributed by atoms with Crippen molar-refractivity contribution in [2.24, 2.45) is 0 Å². The molecule has 11 heavy (non-hydrogen) atoms. The Balaban J connectivity index is 3.94. The van der Waals surface area contributed by atoms with Gasteiger partial charge in [-0.05, 0) is 21.2 Å². The van der Waals surface area contributed by atoms with Crippen molar-refractivity contribution in [3.05, 3.63) is 0 Å². The Kier molecular flexibility index (Phi) is 6.71. The quantitative estimate of drug-likeness (QED) is 0.552. The van der Waals surface area contributed by atoms with Crippen molar-refractivity contribution in [1.82, 2.24) is 3.53 Å². The SMILES string of the molecule is O=C(O)CC(SI)C(=O)NI. The van der Waals surface area contributed by atoms with Gasteiger partial charge >= 0.3 is 5.97 Å². The van der Waals surface area contributed by atoms with Crippen LogP contribution < -0.4 is 3.53 Å². The van der Waals surface area contributed by atoms with Gasteiger partial charge in [0.2, 0.25) is 5.91 Å². The smallest absolute Gasteiger partial charge is 0.305 e. The maximum atomic E-state index is 10.9. The fraction of sp³-hybridized carbons (Fsp3) is 0.500. The highest BCUT2D eigenvalue weighted by atomic mass is 127. The summed E-state index contributed by atoms with van der Waals surface area (Å²) in [7, 11) is 1.20. The Bertz CT molecular complexity index is 165. The largest absolute Gasteiger partial charge is 0.481 e. The summed E-state index contributed by atoms with van der Waals surface area (Å²) in [5, 5.41) is 7.86. The number of carboxylic acid groups (broad SMARTS) is 1. The highest BCUT2D eigenvalue weighted by Gasteiger charge is 2.20. The lowest BCUT2D eigenvalue weighted by atomic mass is 10.3. The lowest BCUT2D eigenvalue weighted by Gasteiger charge is -2.06. The summed E-state index contributed by atoms with van der Waals surface area (Å²) in [6.07, 6.45) is -0.136. The molecule has 1 amide bonds. The molecule has 7 heteroatoms. The minimum atomic E-state index is -0.959. The molecular weight excluding hydrogens is 396 g/mol. The minimum Gasteiger partial charge on any atom is -0.481 e. The zero-order valence-corrected chi connectivity index (χ0v) is 10.3. The number of carbonyl (C=O) groups is 2. The number of hydrogen-bond donors (Lipinski definition) is 2. The lowest BCUT2D eigenvalue weighted by molar-refractivity contribution is -0.138. The predicted octanol–water partition coefficient (Wildman–Crippen LogP) is 1.38. The molecule has 0 aromatic heterocycles. The van der Waals surface area contributed by atoms with Crippen LogP contribution in [0.15, 0.2) is 0 Å². The van der Waals surface area contributed by atoms with E-state index in [2.05, 4.69) is 3.53 Å². The van der Waals surface area contributed by atoms with Gasteiger partial charge in [-0.25, -0.2) is 0 Å². The molecule has 0 heterocycles. The Morgan fingerprint density at radius 3 is 2.45 bits per heavy atom. The number of carbonyl (C=O) groups excluding carboxylic acids is 1. The van der Waals surface area contributed by atoms with Gasteiger partial charge in [0, 0.05) is 0 Å². The number of rotatable bonds is 4. The topological polar surface area (TPSA) is 66.4 Å². The number of hydrogen-bond acceptors (Lipinski definition) is 3. The van der Waals surface area contributed by atoms with E-state index in [0.29, 0.717) is 0 Å². The van der Waals surface area contributed by atoms with Crippen LogP contribution in [0.4, 0.5) is 0 Å². The molecular formula is C4H5I2NO3S. The molecule has 0 aromatic carbocycles. The van der Waals surface area contributed by atoms with Gasteiger partial charge in [0.1, 0.15) is 5.25 Å². The Hall–Kier alpha value is 0.750. The average Bonchev–Trinajstić information content (AvgIpc) is 1.98. The van der Waals surface area contributed by atoms with E-state index < -0.39 is 11.2 Å². The number of nitrogens with one attached hydrogen (secondary N) is 1. The molecule has 0 aromatic rings. The lowest BCUT2D eigenvalue weighted by Crippen LogP contribution is -2.27. The molecule has 0 saturated carbocycles. The highest BCUT2D eigenvalue weighted by molar-refractivity contribution is 14.2. The second kappa shape index (κ2) is 6.29. The van der Waals surface area contributed by atoms with Gasteiger partial charge < -0.3 is 5.11 Å². The van der Waals surface area contributed by atoms with E-state index in [9.17, 15) is 9.59 Å². The molecule has 2 N–H and O–H groups in total. The Morgan fingerprint density at radius 1 is 1.64 bits per heavy atom. The van der Waals surface area contributed by atoms with Crippen LogP contribution >= 0.6 is 53.0 Å². The number of carboxylic acids is 1. The summed E-state index contributed by atoms with van der Waals surface area (Å²) < 4.78 is 2.36. The molecule has 0 saturated heterocycles. The summed E-state index contributed by atoms with van der Waals surface area (Å²) in [5.41, 5.74) is 0. The van der Waals surface area contributed by atoms with Crippen LogP contribution in [-0.2, 0) is 9.59 Å². The first-order valence-electron chi connectivity index (χ1n) is 2.51. The minimum absolute atomic E-state index is 0.136. The number of halogens is 2. The molecule has 0 rings (SSSR count). The Morgan fingerprint density at radius 2 is 2.18 bits per heavy atom. The normalized spacial score (nSPS) is 12.2. The van der Waals surface area contributed by atoms with Gasteiger partial charge in [0.15, 0.2) is 0 Å². The molecule has 1 atom stereocenters. The highest BCUT2D eigenvalue weighted by Crippen LogP contribution is 2.22. The molecule has 64 valence electrons. The van der Waals surface area contributed by atoms with Crippen molar-refractivity contribution < 1.29 is 14.7 Å². The van der Waals surface area contributed by atoms with Crippen LogP contribution in [0, 0.1) is 0 Å². The second-order valence-electron chi connectivity index (χ2n) is 1.63. The van der Waals surface area contributed by atoms with E-state index in [1.54, 1.807) is 22.9 Å². The van der Waals surface area contributed by atoms with Gasteiger partial charge in [-0.2, -0.15) is 0 Å². The molecule has 4 nitrogen and oxygen atoms in total. The second-order valence-corrected chi connectivity index (χ2v) is 4.45. The number of amides is 1. The van der Waals surface area contributed by atoms with Crippen LogP contribution in [0.3, 0.4) is 0 Å². The van der Waals surface area contributed by atoms with Gasteiger partial charge in [0.05, 0.1) is 29.3 Å². The first-order chi connectivity index (χ1) is 5.11. The van der Waals surface area contributed by atoms with E-state index in [4.69, 9.17) is 5.11 Å². The maximum absolute atomic E-state index is 10.9. The molecule has 0 spiro atoms. The monoisotopic (exact) mass is 401 g/mol. The van der Waals surface area contributed by atoms with Crippen molar-refractivity contribution >= 4 is 64.9 Å². The summed E-state index contributed by atoms with van der Waals surface area (Å²) in [4.78, 5) is 21.1. The summed E-state index contributed by atoms with van der Waals surface area (Å²) >= 11 is 3.60. The van der Waals surface area contributed by atoms with Crippen LogP contribution in [0.25, 0.3) is 0 Å². The summed E-state index contributed by atoms with van der Waals surface area (Å²) in [6, 6.07) is 0. The van der Waals surface area contributed by atoms with Gasteiger partial charge in [-0.15, -0.1) is 0 Å². The fourth-order valence-electron chi connectivity index (χ4n) is 0.384. The Labute approximate surface area is 94.0 Å². The standard InChI is InChI=1S/C4H5I2NO3S/c5-7-4(10)2(11-6)1-3(8)9/h2H,1H2,(H,7,10)(H,8,9). The molecule has 0 aliphatic carbocycles. The molecule has 0 aliphatic heterocycles. The van der Waals surface area contributed by atoms with E-state index in [1.165, 1.54) is 8.93 Å².